The number of unbranched alkanes of at least 4 members (excludes halogenated alkanes) is 5. The van der Waals surface area contributed by atoms with Crippen LogP contribution in [0.5, 0.6) is 0 Å². The molecule has 0 saturated heterocycles. The Hall–Kier alpha value is -0.530. The van der Waals surface area contributed by atoms with Gasteiger partial charge in [0.15, 0.2) is 0 Å². The van der Waals surface area contributed by atoms with E-state index in [1.807, 2.05) is 20.8 Å². The molecule has 0 bridgehead atoms. The normalized spacial score (nSPS) is 11.5. The van der Waals surface area contributed by atoms with Crippen LogP contribution in [-0.4, -0.2) is 11.6 Å². The van der Waals surface area contributed by atoms with Crippen LogP contribution >= 0.6 is 0 Å². The van der Waals surface area contributed by atoms with E-state index in [0.717, 1.165) is 12.8 Å². The van der Waals surface area contributed by atoms with Crippen molar-refractivity contribution in [3.8, 4) is 0 Å². The zero-order chi connectivity index (χ0) is 11.7. The van der Waals surface area contributed by atoms with Crippen molar-refractivity contribution in [1.29, 1.82) is 0 Å². The van der Waals surface area contributed by atoms with Crippen LogP contribution in [0.2, 0.25) is 0 Å². The predicted octanol–water partition coefficient (Wildman–Crippen LogP) is 4.08. The minimum atomic E-state index is -0.334. The lowest BCUT2D eigenvalue weighted by atomic mass is 10.1. The van der Waals surface area contributed by atoms with E-state index >= 15 is 0 Å². The van der Waals surface area contributed by atoms with Crippen molar-refractivity contribution < 1.29 is 9.53 Å². The van der Waals surface area contributed by atoms with Gasteiger partial charge in [-0.1, -0.05) is 39.0 Å². The van der Waals surface area contributed by atoms with Crippen LogP contribution in [-0.2, 0) is 9.53 Å². The average Bonchev–Trinajstić information content (AvgIpc) is 2.08. The number of carbonyl (C=O) groups excluding carboxylic acids is 1. The molecule has 0 fully saturated rings. The third-order valence-corrected chi connectivity index (χ3v) is 2.15. The Labute approximate surface area is 94.4 Å². The minimum Gasteiger partial charge on any atom is -0.460 e. The molecule has 0 aliphatic heterocycles. The summed E-state index contributed by atoms with van der Waals surface area (Å²) in [6.45, 7) is 7.94. The van der Waals surface area contributed by atoms with Crippen molar-refractivity contribution in [1.82, 2.24) is 0 Å². The van der Waals surface area contributed by atoms with Crippen molar-refractivity contribution >= 4 is 5.97 Å². The van der Waals surface area contributed by atoms with E-state index in [1.54, 1.807) is 0 Å². The topological polar surface area (TPSA) is 26.3 Å². The first kappa shape index (κ1) is 14.5. The van der Waals surface area contributed by atoms with E-state index in [-0.39, 0.29) is 11.6 Å². The van der Waals surface area contributed by atoms with Crippen molar-refractivity contribution in [3.05, 3.63) is 0 Å². The molecule has 0 amide bonds. The first-order chi connectivity index (χ1) is 6.95. The van der Waals surface area contributed by atoms with Crippen LogP contribution in [0.3, 0.4) is 0 Å². The van der Waals surface area contributed by atoms with Crippen molar-refractivity contribution in [2.75, 3.05) is 0 Å². The lowest BCUT2D eigenvalue weighted by Crippen LogP contribution is -2.23. The third-order valence-electron chi connectivity index (χ3n) is 2.15. The summed E-state index contributed by atoms with van der Waals surface area (Å²) in [5, 5.41) is 0. The van der Waals surface area contributed by atoms with E-state index < -0.39 is 0 Å². The maximum Gasteiger partial charge on any atom is 0.306 e. The smallest absolute Gasteiger partial charge is 0.306 e. The minimum absolute atomic E-state index is 0.0574. The Balaban J connectivity index is 3.32. The van der Waals surface area contributed by atoms with Crippen LogP contribution < -0.4 is 0 Å². The Morgan fingerprint density at radius 3 is 2.07 bits per heavy atom. The second kappa shape index (κ2) is 7.72. The average molecular weight is 214 g/mol. The maximum absolute atomic E-state index is 11.3. The Kier molecular flexibility index (Phi) is 7.45. The largest absolute Gasteiger partial charge is 0.460 e. The van der Waals surface area contributed by atoms with Crippen LogP contribution in [0.15, 0.2) is 0 Å². The molecule has 0 heterocycles. The predicted molar refractivity (Wildman–Crippen MR) is 63.8 cm³/mol. The molecule has 0 N–H and O–H groups in total. The summed E-state index contributed by atoms with van der Waals surface area (Å²) in [6, 6.07) is 0. The van der Waals surface area contributed by atoms with Gasteiger partial charge in [0.05, 0.1) is 0 Å². The molecule has 0 spiro atoms. The molecule has 0 aromatic rings. The number of hydrogen-bond acceptors (Lipinski definition) is 2. The van der Waals surface area contributed by atoms with Crippen LogP contribution in [0.25, 0.3) is 0 Å². The van der Waals surface area contributed by atoms with Gasteiger partial charge in [-0.25, -0.2) is 0 Å². The molecule has 0 radical (unpaired) electrons. The summed E-state index contributed by atoms with van der Waals surface area (Å²) >= 11 is 0. The molecular weight excluding hydrogens is 188 g/mol. The van der Waals surface area contributed by atoms with Gasteiger partial charge in [-0.3, -0.25) is 4.79 Å². The van der Waals surface area contributed by atoms with Gasteiger partial charge in [0.2, 0.25) is 0 Å². The summed E-state index contributed by atoms with van der Waals surface area (Å²) in [6.07, 6.45) is 7.82. The maximum atomic E-state index is 11.3. The number of carbonyl (C=O) groups is 1. The van der Waals surface area contributed by atoms with Gasteiger partial charge in [0.25, 0.3) is 0 Å². The molecule has 0 unspecified atom stereocenters. The molecule has 0 aromatic heterocycles. The molecule has 2 heteroatoms. The highest BCUT2D eigenvalue weighted by molar-refractivity contribution is 5.69. The lowest BCUT2D eigenvalue weighted by molar-refractivity contribution is -0.154. The fraction of sp³-hybridized carbons (Fsp3) is 0.923. The fourth-order valence-corrected chi connectivity index (χ4v) is 1.44. The highest BCUT2D eigenvalue weighted by Crippen LogP contribution is 2.11. The van der Waals surface area contributed by atoms with Gasteiger partial charge in [0.1, 0.15) is 5.60 Å². The Morgan fingerprint density at radius 2 is 1.53 bits per heavy atom. The summed E-state index contributed by atoms with van der Waals surface area (Å²) in [5.41, 5.74) is -0.334. The molecular formula is C13H26O2. The zero-order valence-corrected chi connectivity index (χ0v) is 10.8. The lowest BCUT2D eigenvalue weighted by Gasteiger charge is -2.19. The monoisotopic (exact) mass is 214 g/mol. The van der Waals surface area contributed by atoms with E-state index in [4.69, 9.17) is 4.74 Å². The van der Waals surface area contributed by atoms with Crippen LogP contribution in [0, 0.1) is 0 Å². The molecule has 0 aromatic carbocycles. The van der Waals surface area contributed by atoms with E-state index in [1.165, 1.54) is 25.7 Å². The fourth-order valence-electron chi connectivity index (χ4n) is 1.44. The Bertz CT molecular complexity index is 168. The second-order valence-electron chi connectivity index (χ2n) is 5.10. The number of ether oxygens (including phenoxy) is 1. The highest BCUT2D eigenvalue weighted by atomic mass is 16.6. The van der Waals surface area contributed by atoms with Crippen molar-refractivity contribution in [2.45, 2.75) is 78.2 Å². The number of rotatable bonds is 7. The molecule has 15 heavy (non-hydrogen) atoms. The van der Waals surface area contributed by atoms with Gasteiger partial charge in [-0.2, -0.15) is 0 Å². The first-order valence-electron chi connectivity index (χ1n) is 6.17. The summed E-state index contributed by atoms with van der Waals surface area (Å²) in [5.74, 6) is -0.0574. The molecule has 0 aliphatic rings. The summed E-state index contributed by atoms with van der Waals surface area (Å²) in [7, 11) is 0. The summed E-state index contributed by atoms with van der Waals surface area (Å²) < 4.78 is 5.23. The highest BCUT2D eigenvalue weighted by Gasteiger charge is 2.15. The Morgan fingerprint density at radius 1 is 1.00 bits per heavy atom. The van der Waals surface area contributed by atoms with Gasteiger partial charge in [-0.15, -0.1) is 0 Å². The SMILES string of the molecule is CCCCCCCCC(=O)OC(C)(C)C. The first-order valence-corrected chi connectivity index (χ1v) is 6.17. The number of hydrogen-bond donors (Lipinski definition) is 0. The zero-order valence-electron chi connectivity index (χ0n) is 10.8. The standard InChI is InChI=1S/C13H26O2/c1-5-6-7-8-9-10-11-12(14)15-13(2,3)4/h5-11H2,1-4H3. The quantitative estimate of drug-likeness (QED) is 0.471. The molecule has 0 saturated carbocycles. The third kappa shape index (κ3) is 11.4. The molecule has 0 aliphatic carbocycles. The van der Waals surface area contributed by atoms with E-state index in [2.05, 4.69) is 6.92 Å². The second-order valence-corrected chi connectivity index (χ2v) is 5.10. The van der Waals surface area contributed by atoms with E-state index in [0.29, 0.717) is 6.42 Å². The molecule has 2 nitrogen and oxygen atoms in total. The van der Waals surface area contributed by atoms with Crippen molar-refractivity contribution in [3.63, 3.8) is 0 Å². The van der Waals surface area contributed by atoms with Crippen LogP contribution in [0.4, 0.5) is 0 Å². The van der Waals surface area contributed by atoms with Crippen molar-refractivity contribution in [2.24, 2.45) is 0 Å². The molecule has 0 atom stereocenters. The van der Waals surface area contributed by atoms with Gasteiger partial charge >= 0.3 is 5.97 Å². The van der Waals surface area contributed by atoms with Crippen LogP contribution in [0.1, 0.15) is 72.6 Å². The summed E-state index contributed by atoms with van der Waals surface area (Å²) in [4.78, 5) is 11.3. The molecule has 90 valence electrons. The van der Waals surface area contributed by atoms with Gasteiger partial charge in [0, 0.05) is 6.42 Å². The molecule has 0 rings (SSSR count). The van der Waals surface area contributed by atoms with E-state index in [9.17, 15) is 4.79 Å². The van der Waals surface area contributed by atoms with Gasteiger partial charge in [-0.05, 0) is 27.2 Å². The van der Waals surface area contributed by atoms with Gasteiger partial charge < -0.3 is 4.74 Å². The number of esters is 1.